The van der Waals surface area contributed by atoms with Crippen LogP contribution >= 0.6 is 0 Å². The second-order valence-electron chi connectivity index (χ2n) is 5.45. The Bertz CT molecular complexity index is 686. The van der Waals surface area contributed by atoms with Crippen LogP contribution < -0.4 is 0 Å². The first-order chi connectivity index (χ1) is 12.7. The normalized spacial score (nSPS) is 16.9. The number of halogens is 17. The van der Waals surface area contributed by atoms with Gasteiger partial charge in [0.25, 0.3) is 0 Å². The molecule has 3 nitrogen and oxygen atoms in total. The molecule has 0 rings (SSSR count). The number of nitrogens with zero attached hydrogens (tertiary/aromatic N) is 3. The molecule has 1 unspecified atom stereocenters. The fourth-order valence-corrected chi connectivity index (χ4v) is 1.59. The molecule has 0 spiro atoms. The minimum Gasteiger partial charge on any atom is -0.199 e. The molecule has 0 aromatic heterocycles. The van der Waals surface area contributed by atoms with Gasteiger partial charge in [0, 0.05) is 4.91 Å². The Morgan fingerprint density at radius 2 is 0.800 bits per heavy atom. The van der Waals surface area contributed by atoms with Crippen LogP contribution in [-0.4, -0.2) is 53.7 Å². The highest BCUT2D eigenvalue weighted by Gasteiger charge is 2.95. The first kappa shape index (κ1) is 28.1. The van der Waals surface area contributed by atoms with Crippen molar-refractivity contribution in [1.82, 2.24) is 0 Å². The SMILES string of the molecule is CC(N=[N+]=[N-])C(F)(F)C(F)(F)C(F)(F)C(F)(F)C(F)(F)C(F)(F)C(F)(F)C(F)(F)F. The van der Waals surface area contributed by atoms with Gasteiger partial charge in [0.15, 0.2) is 0 Å². The Labute approximate surface area is 152 Å². The smallest absolute Gasteiger partial charge is 0.199 e. The van der Waals surface area contributed by atoms with E-state index in [1.165, 1.54) is 4.91 Å². The summed E-state index contributed by atoms with van der Waals surface area (Å²) in [6, 6.07) is -3.75. The Morgan fingerprint density at radius 3 is 1.07 bits per heavy atom. The molecule has 0 radical (unpaired) electrons. The van der Waals surface area contributed by atoms with Crippen LogP contribution in [0.1, 0.15) is 6.92 Å². The van der Waals surface area contributed by atoms with Crippen molar-refractivity contribution in [2.75, 3.05) is 0 Å². The number of hydrogen-bond donors (Lipinski definition) is 0. The quantitative estimate of drug-likeness (QED) is 0.158. The van der Waals surface area contributed by atoms with Crippen molar-refractivity contribution in [3.8, 4) is 0 Å². The van der Waals surface area contributed by atoms with Crippen molar-refractivity contribution in [2.45, 2.75) is 60.6 Å². The molecule has 0 N–H and O–H groups in total. The molecule has 0 bridgehead atoms. The van der Waals surface area contributed by atoms with E-state index in [1.807, 2.05) is 0 Å². The minimum atomic E-state index is -8.68. The van der Waals surface area contributed by atoms with Crippen molar-refractivity contribution in [1.29, 1.82) is 0 Å². The van der Waals surface area contributed by atoms with Crippen LogP contribution in [0.3, 0.4) is 0 Å². The largest absolute Gasteiger partial charge is 0.460 e. The van der Waals surface area contributed by atoms with E-state index in [9.17, 15) is 74.6 Å². The predicted octanol–water partition coefficient (Wildman–Crippen LogP) is 6.69. The fourth-order valence-electron chi connectivity index (χ4n) is 1.59. The molecule has 0 aromatic carbocycles. The molecular weight excluding hydrogens is 485 g/mol. The van der Waals surface area contributed by atoms with Crippen LogP contribution in [0.25, 0.3) is 10.4 Å². The van der Waals surface area contributed by atoms with Crippen LogP contribution in [0.4, 0.5) is 74.6 Å². The number of hydrogen-bond acceptors (Lipinski definition) is 1. The van der Waals surface area contributed by atoms with Crippen molar-refractivity contribution < 1.29 is 74.6 Å². The van der Waals surface area contributed by atoms with Crippen LogP contribution in [0.15, 0.2) is 5.11 Å². The lowest BCUT2D eigenvalue weighted by Crippen LogP contribution is -2.75. The molecule has 0 saturated carbocycles. The molecule has 20 heteroatoms. The van der Waals surface area contributed by atoms with Gasteiger partial charge in [-0.1, -0.05) is 12.0 Å². The molecule has 0 fully saturated rings. The lowest BCUT2D eigenvalue weighted by molar-refractivity contribution is -0.462. The Morgan fingerprint density at radius 1 is 0.533 bits per heavy atom. The van der Waals surface area contributed by atoms with E-state index < -0.39 is 53.7 Å². The van der Waals surface area contributed by atoms with Crippen LogP contribution in [-0.2, 0) is 0 Å². The van der Waals surface area contributed by atoms with Crippen LogP contribution in [0.2, 0.25) is 0 Å². The van der Waals surface area contributed by atoms with Gasteiger partial charge in [0.2, 0.25) is 0 Å². The maximum atomic E-state index is 13.3. The van der Waals surface area contributed by atoms with Gasteiger partial charge >= 0.3 is 47.6 Å². The van der Waals surface area contributed by atoms with E-state index in [1.54, 1.807) is 5.11 Å². The third-order valence-electron chi connectivity index (χ3n) is 3.50. The first-order valence-electron chi connectivity index (χ1n) is 6.49. The van der Waals surface area contributed by atoms with Crippen LogP contribution in [0.5, 0.6) is 0 Å². The third kappa shape index (κ3) is 3.35. The van der Waals surface area contributed by atoms with Gasteiger partial charge < -0.3 is 0 Å². The topological polar surface area (TPSA) is 48.8 Å². The lowest BCUT2D eigenvalue weighted by atomic mass is 9.87. The van der Waals surface area contributed by atoms with Crippen molar-refractivity contribution in [3.05, 3.63) is 10.4 Å². The molecule has 0 amide bonds. The second kappa shape index (κ2) is 7.08. The molecule has 1 atom stereocenters. The van der Waals surface area contributed by atoms with E-state index >= 15 is 0 Å². The summed E-state index contributed by atoms with van der Waals surface area (Å²) < 4.78 is 219. The van der Waals surface area contributed by atoms with Gasteiger partial charge in [0.05, 0.1) is 0 Å². The van der Waals surface area contributed by atoms with E-state index in [2.05, 4.69) is 0 Å². The molecule has 30 heavy (non-hydrogen) atoms. The van der Waals surface area contributed by atoms with E-state index in [0.29, 0.717) is 0 Å². The summed E-state index contributed by atoms with van der Waals surface area (Å²) in [7, 11) is 0. The van der Waals surface area contributed by atoms with E-state index in [4.69, 9.17) is 5.53 Å². The standard InChI is InChI=1S/C10H4F17N3/c1-2(29-30-28)3(11,12)4(13,14)5(15,16)6(17,18)7(19,20)8(21,22)9(23,24)10(25,26)27/h2H,1H3. The lowest BCUT2D eigenvalue weighted by Gasteiger charge is -2.43. The summed E-state index contributed by atoms with van der Waals surface area (Å²) in [6.07, 6.45) is -7.80. The highest BCUT2D eigenvalue weighted by Crippen LogP contribution is 2.64. The average Bonchev–Trinajstić information content (AvgIpc) is 2.52. The van der Waals surface area contributed by atoms with Gasteiger partial charge in [-0.15, -0.1) is 0 Å². The molecule has 0 aliphatic carbocycles. The zero-order chi connectivity index (χ0) is 25.0. The van der Waals surface area contributed by atoms with Crippen molar-refractivity contribution >= 4 is 0 Å². The first-order valence-corrected chi connectivity index (χ1v) is 6.49. The van der Waals surface area contributed by atoms with Gasteiger partial charge in [-0.25, -0.2) is 0 Å². The van der Waals surface area contributed by atoms with Gasteiger partial charge in [0.1, 0.15) is 6.04 Å². The summed E-state index contributed by atoms with van der Waals surface area (Å²) in [5.41, 5.74) is 7.77. The van der Waals surface area contributed by atoms with Gasteiger partial charge in [-0.05, 0) is 5.53 Å². The van der Waals surface area contributed by atoms with E-state index in [-0.39, 0.29) is 6.92 Å². The minimum absolute atomic E-state index is 0.355. The number of azide groups is 1. The Hall–Kier alpha value is -1.88. The van der Waals surface area contributed by atoms with Gasteiger partial charge in [-0.2, -0.15) is 74.6 Å². The number of rotatable bonds is 8. The summed E-state index contributed by atoms with van der Waals surface area (Å²) in [5.74, 6) is -57.0. The van der Waals surface area contributed by atoms with Gasteiger partial charge in [-0.3, -0.25) is 0 Å². The third-order valence-corrected chi connectivity index (χ3v) is 3.50. The van der Waals surface area contributed by atoms with E-state index in [0.717, 1.165) is 0 Å². The van der Waals surface area contributed by atoms with Crippen molar-refractivity contribution in [2.24, 2.45) is 5.11 Å². The molecule has 178 valence electrons. The molecule has 0 aliphatic rings. The summed E-state index contributed by atoms with van der Waals surface area (Å²) >= 11 is 0. The van der Waals surface area contributed by atoms with Crippen LogP contribution in [0, 0.1) is 0 Å². The molecule has 0 heterocycles. The molecule has 0 aliphatic heterocycles. The zero-order valence-electron chi connectivity index (χ0n) is 13.3. The Balaban J connectivity index is 6.80. The monoisotopic (exact) mass is 489 g/mol. The molecule has 0 saturated heterocycles. The maximum Gasteiger partial charge on any atom is 0.460 e. The second-order valence-corrected chi connectivity index (χ2v) is 5.45. The average molecular weight is 489 g/mol. The number of alkyl halides is 17. The predicted molar refractivity (Wildman–Crippen MR) is 59.3 cm³/mol. The fraction of sp³-hybridized carbons (Fsp3) is 1.00. The molecular formula is C10H4F17N3. The summed E-state index contributed by atoms with van der Waals surface area (Å²) in [6.45, 7) is -0.355. The Kier molecular flexibility index (Phi) is 6.64. The zero-order valence-corrected chi connectivity index (χ0v) is 13.3. The van der Waals surface area contributed by atoms with Crippen molar-refractivity contribution in [3.63, 3.8) is 0 Å². The maximum absolute atomic E-state index is 13.3. The summed E-state index contributed by atoms with van der Waals surface area (Å²) in [4.78, 5) is 1.39. The highest BCUT2D eigenvalue weighted by molar-refractivity contribution is 5.16. The highest BCUT2D eigenvalue weighted by atomic mass is 19.4. The summed E-state index contributed by atoms with van der Waals surface area (Å²) in [5, 5.41) is 1.71. The molecule has 0 aromatic rings.